The SMILES string of the molecule is OCC1=CCC=C(c2noc(-c3nnn(-c4ccccc4CF)c3-c3ccncc3)n2)C=C1. The molecule has 33 heavy (non-hydrogen) atoms. The van der Waals surface area contributed by atoms with Crippen molar-refractivity contribution in [3.05, 3.63) is 90.1 Å². The Kier molecular flexibility index (Phi) is 5.69. The van der Waals surface area contributed by atoms with Gasteiger partial charge in [-0.3, -0.25) is 4.98 Å². The van der Waals surface area contributed by atoms with E-state index in [0.717, 1.165) is 16.7 Å². The number of aliphatic hydroxyl groups is 1. The zero-order valence-electron chi connectivity index (χ0n) is 17.5. The second-order valence-electron chi connectivity index (χ2n) is 7.29. The predicted octanol–water partition coefficient (Wildman–Crippen LogP) is 4.11. The molecular formula is C24H19FN6O2. The van der Waals surface area contributed by atoms with Gasteiger partial charge in [-0.25, -0.2) is 9.07 Å². The number of hydrogen-bond donors (Lipinski definition) is 1. The largest absolute Gasteiger partial charge is 0.392 e. The van der Waals surface area contributed by atoms with Gasteiger partial charge in [0.15, 0.2) is 5.69 Å². The van der Waals surface area contributed by atoms with Crippen molar-refractivity contribution in [2.45, 2.75) is 13.1 Å². The predicted molar refractivity (Wildman–Crippen MR) is 120 cm³/mol. The molecule has 3 heterocycles. The number of para-hydroxylation sites is 1. The average molecular weight is 442 g/mol. The lowest BCUT2D eigenvalue weighted by atomic mass is 10.1. The van der Waals surface area contributed by atoms with E-state index in [9.17, 15) is 9.50 Å². The summed E-state index contributed by atoms with van der Waals surface area (Å²) in [6, 6.07) is 10.7. The van der Waals surface area contributed by atoms with Gasteiger partial charge >= 0.3 is 0 Å². The lowest BCUT2D eigenvalue weighted by molar-refractivity contribution is 0.334. The van der Waals surface area contributed by atoms with Crippen LogP contribution in [0.3, 0.4) is 0 Å². The molecule has 1 aromatic carbocycles. The van der Waals surface area contributed by atoms with Crippen molar-refractivity contribution in [1.29, 1.82) is 0 Å². The molecule has 1 N–H and O–H groups in total. The number of pyridine rings is 1. The Balaban J connectivity index is 1.61. The number of halogens is 1. The van der Waals surface area contributed by atoms with Gasteiger partial charge in [-0.2, -0.15) is 4.98 Å². The van der Waals surface area contributed by atoms with Crippen LogP contribution in [-0.4, -0.2) is 41.8 Å². The van der Waals surface area contributed by atoms with Crippen LogP contribution in [0.2, 0.25) is 0 Å². The summed E-state index contributed by atoms with van der Waals surface area (Å²) in [6.07, 6.45) is 11.5. The summed E-state index contributed by atoms with van der Waals surface area (Å²) >= 11 is 0. The Morgan fingerprint density at radius 3 is 2.73 bits per heavy atom. The number of hydrogen-bond acceptors (Lipinski definition) is 7. The molecule has 0 saturated heterocycles. The topological polar surface area (TPSA) is 103 Å². The van der Waals surface area contributed by atoms with Gasteiger partial charge in [-0.05, 0) is 30.2 Å². The number of aromatic nitrogens is 6. The van der Waals surface area contributed by atoms with Crippen LogP contribution in [0.5, 0.6) is 0 Å². The average Bonchev–Trinajstić information content (AvgIpc) is 3.46. The van der Waals surface area contributed by atoms with Gasteiger partial charge in [0.25, 0.3) is 5.89 Å². The number of allylic oxidation sites excluding steroid dienone is 4. The van der Waals surface area contributed by atoms with Crippen molar-refractivity contribution in [3.63, 3.8) is 0 Å². The summed E-state index contributed by atoms with van der Waals surface area (Å²) in [6.45, 7) is -0.677. The third-order valence-electron chi connectivity index (χ3n) is 5.25. The van der Waals surface area contributed by atoms with Gasteiger partial charge < -0.3 is 9.63 Å². The second kappa shape index (κ2) is 9.09. The minimum absolute atomic E-state index is 0.0339. The molecule has 5 rings (SSSR count). The standard InChI is InChI=1S/C24H19FN6O2/c25-14-19-5-1-2-7-20(19)31-22(17-10-12-26-13-11-17)21(28-30-31)24-27-23(29-33-24)18-6-3-4-16(15-32)8-9-18/h1-2,4-13,32H,3,14-15H2. The maximum atomic E-state index is 13.7. The monoisotopic (exact) mass is 442 g/mol. The van der Waals surface area contributed by atoms with Crippen molar-refractivity contribution in [2.24, 2.45) is 0 Å². The van der Waals surface area contributed by atoms with Crippen LogP contribution in [0, 0.1) is 0 Å². The Morgan fingerprint density at radius 2 is 1.91 bits per heavy atom. The highest BCUT2D eigenvalue weighted by atomic mass is 19.1. The molecule has 3 aromatic heterocycles. The van der Waals surface area contributed by atoms with Crippen LogP contribution < -0.4 is 0 Å². The molecule has 0 unspecified atom stereocenters. The molecule has 0 saturated carbocycles. The molecule has 0 radical (unpaired) electrons. The first-order chi connectivity index (χ1) is 16.3. The van der Waals surface area contributed by atoms with Crippen LogP contribution >= 0.6 is 0 Å². The molecule has 0 spiro atoms. The van der Waals surface area contributed by atoms with E-state index in [1.165, 1.54) is 0 Å². The molecule has 0 atom stereocenters. The smallest absolute Gasteiger partial charge is 0.281 e. The van der Waals surface area contributed by atoms with Crippen molar-refractivity contribution < 1.29 is 14.0 Å². The normalized spacial score (nSPS) is 13.5. The van der Waals surface area contributed by atoms with Crippen molar-refractivity contribution in [1.82, 2.24) is 30.1 Å². The van der Waals surface area contributed by atoms with Crippen LogP contribution in [0.4, 0.5) is 4.39 Å². The van der Waals surface area contributed by atoms with Crippen molar-refractivity contribution >= 4 is 5.57 Å². The summed E-state index contributed by atoms with van der Waals surface area (Å²) in [7, 11) is 0. The highest BCUT2D eigenvalue weighted by Crippen LogP contribution is 2.33. The zero-order chi connectivity index (χ0) is 22.6. The fourth-order valence-electron chi connectivity index (χ4n) is 3.58. The molecule has 0 bridgehead atoms. The molecule has 1 aliphatic rings. The summed E-state index contributed by atoms with van der Waals surface area (Å²) in [4.78, 5) is 8.63. The third kappa shape index (κ3) is 4.01. The molecule has 0 aliphatic heterocycles. The number of nitrogens with zero attached hydrogens (tertiary/aromatic N) is 6. The molecule has 8 nitrogen and oxygen atoms in total. The fourth-order valence-corrected chi connectivity index (χ4v) is 3.58. The third-order valence-corrected chi connectivity index (χ3v) is 5.25. The first-order valence-corrected chi connectivity index (χ1v) is 10.3. The second-order valence-corrected chi connectivity index (χ2v) is 7.29. The Morgan fingerprint density at radius 1 is 1.06 bits per heavy atom. The van der Waals surface area contributed by atoms with Crippen LogP contribution in [0.25, 0.3) is 34.1 Å². The molecule has 0 fully saturated rings. The van der Waals surface area contributed by atoms with Gasteiger partial charge in [0.05, 0.1) is 12.3 Å². The van der Waals surface area contributed by atoms with Crippen LogP contribution in [0.15, 0.2) is 83.2 Å². The summed E-state index contributed by atoms with van der Waals surface area (Å²) in [5, 5.41) is 22.1. The highest BCUT2D eigenvalue weighted by molar-refractivity contribution is 5.77. The highest BCUT2D eigenvalue weighted by Gasteiger charge is 2.24. The maximum Gasteiger partial charge on any atom is 0.281 e. The molecule has 0 amide bonds. The van der Waals surface area contributed by atoms with E-state index < -0.39 is 6.67 Å². The number of benzene rings is 1. The summed E-state index contributed by atoms with van der Waals surface area (Å²) < 4.78 is 20.8. The summed E-state index contributed by atoms with van der Waals surface area (Å²) in [5.74, 6) is 0.586. The molecule has 9 heteroatoms. The van der Waals surface area contributed by atoms with E-state index >= 15 is 0 Å². The van der Waals surface area contributed by atoms with Crippen molar-refractivity contribution in [2.75, 3.05) is 6.61 Å². The van der Waals surface area contributed by atoms with Gasteiger partial charge in [0, 0.05) is 29.1 Å². The van der Waals surface area contributed by atoms with E-state index in [1.807, 2.05) is 42.5 Å². The first kappa shape index (κ1) is 20.7. The van der Waals surface area contributed by atoms with Gasteiger partial charge in [0.2, 0.25) is 5.82 Å². The van der Waals surface area contributed by atoms with Crippen LogP contribution in [0.1, 0.15) is 17.8 Å². The fraction of sp³-hybridized carbons (Fsp3) is 0.125. The molecule has 164 valence electrons. The number of rotatable bonds is 6. The maximum absolute atomic E-state index is 13.7. The first-order valence-electron chi connectivity index (χ1n) is 10.3. The quantitative estimate of drug-likeness (QED) is 0.479. The minimum atomic E-state index is -0.643. The Bertz CT molecular complexity index is 1370. The van der Waals surface area contributed by atoms with E-state index in [0.29, 0.717) is 34.9 Å². The number of aliphatic hydroxyl groups excluding tert-OH is 1. The van der Waals surface area contributed by atoms with Gasteiger partial charge in [0.1, 0.15) is 12.4 Å². The lowest BCUT2D eigenvalue weighted by Gasteiger charge is -2.10. The minimum Gasteiger partial charge on any atom is -0.392 e. The summed E-state index contributed by atoms with van der Waals surface area (Å²) in [5.41, 5.74) is 4.37. The Labute approximate surface area is 188 Å². The van der Waals surface area contributed by atoms with E-state index in [4.69, 9.17) is 4.52 Å². The van der Waals surface area contributed by atoms with Crippen LogP contribution in [-0.2, 0) is 6.67 Å². The van der Waals surface area contributed by atoms with Crippen molar-refractivity contribution in [3.8, 4) is 28.5 Å². The van der Waals surface area contributed by atoms with E-state index in [-0.39, 0.29) is 12.5 Å². The molecule has 1 aliphatic carbocycles. The lowest BCUT2D eigenvalue weighted by Crippen LogP contribution is -2.03. The zero-order valence-corrected chi connectivity index (χ0v) is 17.5. The van der Waals surface area contributed by atoms with E-state index in [2.05, 4.69) is 25.4 Å². The van der Waals surface area contributed by atoms with Gasteiger partial charge in [-0.15, -0.1) is 5.10 Å². The number of alkyl halides is 1. The van der Waals surface area contributed by atoms with Gasteiger partial charge in [-0.1, -0.05) is 52.9 Å². The molecule has 4 aromatic rings. The van der Waals surface area contributed by atoms with E-state index in [1.54, 1.807) is 35.3 Å². The Hall–Kier alpha value is -4.24. The molecular weight excluding hydrogens is 423 g/mol.